The number of likely N-dealkylation sites (tertiary alicyclic amines) is 1. The van der Waals surface area contributed by atoms with Crippen molar-refractivity contribution < 1.29 is 4.79 Å². The normalized spacial score (nSPS) is 27.5. The number of hydrogen-bond donors (Lipinski definition) is 0. The number of hydrogen-bond acceptors (Lipinski definition) is 1. The van der Waals surface area contributed by atoms with E-state index < -0.39 is 0 Å². The van der Waals surface area contributed by atoms with Crippen molar-refractivity contribution in [2.24, 2.45) is 5.92 Å². The Balaban J connectivity index is 2.63. The van der Waals surface area contributed by atoms with E-state index >= 15 is 0 Å². The minimum absolute atomic E-state index is 0.219. The smallest absolute Gasteiger partial charge is 0.219 e. The summed E-state index contributed by atoms with van der Waals surface area (Å²) in [7, 11) is 0. The molecule has 0 radical (unpaired) electrons. The monoisotopic (exact) mass is 195 g/mol. The number of piperidine rings is 1. The molecule has 0 saturated carbocycles. The minimum Gasteiger partial charge on any atom is -0.340 e. The second-order valence-electron chi connectivity index (χ2n) is 4.34. The molecule has 1 aliphatic rings. The highest BCUT2D eigenvalue weighted by Crippen LogP contribution is 2.29. The van der Waals surface area contributed by atoms with Crippen molar-refractivity contribution in [2.45, 2.75) is 46.1 Å². The summed E-state index contributed by atoms with van der Waals surface area (Å²) >= 11 is 0. The number of carbonyl (C=O) groups is 1. The summed E-state index contributed by atoms with van der Waals surface area (Å²) in [4.78, 5) is 13.4. The SMILES string of the molecule is C=C(C)C1CCN(C(C)=O)C(CC)C1. The molecule has 2 heteroatoms. The molecular weight excluding hydrogens is 174 g/mol. The van der Waals surface area contributed by atoms with Crippen molar-refractivity contribution in [3.63, 3.8) is 0 Å². The predicted octanol–water partition coefficient (Wildman–Crippen LogP) is 2.60. The number of rotatable bonds is 2. The Bertz CT molecular complexity index is 234. The molecule has 2 unspecified atom stereocenters. The van der Waals surface area contributed by atoms with Gasteiger partial charge in [0.2, 0.25) is 5.91 Å². The minimum atomic E-state index is 0.219. The van der Waals surface area contributed by atoms with Gasteiger partial charge in [-0.3, -0.25) is 4.79 Å². The quantitative estimate of drug-likeness (QED) is 0.620. The number of allylic oxidation sites excluding steroid dienone is 1. The lowest BCUT2D eigenvalue weighted by Crippen LogP contribution is -2.44. The van der Waals surface area contributed by atoms with Gasteiger partial charge in [-0.15, -0.1) is 0 Å². The van der Waals surface area contributed by atoms with Crippen LogP contribution in [0.1, 0.15) is 40.0 Å². The molecule has 14 heavy (non-hydrogen) atoms. The van der Waals surface area contributed by atoms with Gasteiger partial charge >= 0.3 is 0 Å². The van der Waals surface area contributed by atoms with Crippen LogP contribution in [0, 0.1) is 5.92 Å². The van der Waals surface area contributed by atoms with Gasteiger partial charge in [0.25, 0.3) is 0 Å². The fraction of sp³-hybridized carbons (Fsp3) is 0.750. The molecule has 1 saturated heterocycles. The summed E-state index contributed by atoms with van der Waals surface area (Å²) in [5.74, 6) is 0.840. The van der Waals surface area contributed by atoms with E-state index in [-0.39, 0.29) is 5.91 Å². The molecule has 80 valence electrons. The first-order valence-electron chi connectivity index (χ1n) is 5.48. The third kappa shape index (κ3) is 2.37. The van der Waals surface area contributed by atoms with Crippen LogP contribution in [0.2, 0.25) is 0 Å². The molecule has 1 heterocycles. The van der Waals surface area contributed by atoms with Gasteiger partial charge in [0.15, 0.2) is 0 Å². The van der Waals surface area contributed by atoms with Crippen LogP contribution in [0.5, 0.6) is 0 Å². The van der Waals surface area contributed by atoms with Gasteiger partial charge in [-0.1, -0.05) is 19.1 Å². The molecule has 0 bridgehead atoms. The van der Waals surface area contributed by atoms with Crippen LogP contribution in [-0.2, 0) is 4.79 Å². The largest absolute Gasteiger partial charge is 0.340 e. The molecular formula is C12H21NO. The first-order chi connectivity index (χ1) is 6.56. The maximum atomic E-state index is 11.3. The third-order valence-corrected chi connectivity index (χ3v) is 3.29. The average molecular weight is 195 g/mol. The second-order valence-corrected chi connectivity index (χ2v) is 4.34. The van der Waals surface area contributed by atoms with E-state index in [9.17, 15) is 4.79 Å². The van der Waals surface area contributed by atoms with E-state index in [4.69, 9.17) is 0 Å². The van der Waals surface area contributed by atoms with Crippen LogP contribution in [0.15, 0.2) is 12.2 Å². The summed E-state index contributed by atoms with van der Waals surface area (Å²) < 4.78 is 0. The molecule has 2 nitrogen and oxygen atoms in total. The zero-order chi connectivity index (χ0) is 10.7. The summed E-state index contributed by atoms with van der Waals surface area (Å²) in [6.45, 7) is 10.8. The maximum Gasteiger partial charge on any atom is 0.219 e. The Morgan fingerprint density at radius 1 is 1.50 bits per heavy atom. The van der Waals surface area contributed by atoms with Crippen LogP contribution >= 0.6 is 0 Å². The van der Waals surface area contributed by atoms with E-state index in [1.54, 1.807) is 6.92 Å². The van der Waals surface area contributed by atoms with Crippen molar-refractivity contribution in [3.8, 4) is 0 Å². The van der Waals surface area contributed by atoms with Crippen LogP contribution in [0.25, 0.3) is 0 Å². The molecule has 2 atom stereocenters. The summed E-state index contributed by atoms with van der Waals surface area (Å²) in [5.41, 5.74) is 1.27. The Hall–Kier alpha value is -0.790. The van der Waals surface area contributed by atoms with Gasteiger partial charge in [0, 0.05) is 19.5 Å². The summed E-state index contributed by atoms with van der Waals surface area (Å²) in [6.07, 6.45) is 3.25. The van der Waals surface area contributed by atoms with Crippen molar-refractivity contribution in [1.82, 2.24) is 4.90 Å². The van der Waals surface area contributed by atoms with Gasteiger partial charge in [0.05, 0.1) is 0 Å². The third-order valence-electron chi connectivity index (χ3n) is 3.29. The first-order valence-corrected chi connectivity index (χ1v) is 5.48. The molecule has 1 rings (SSSR count). The van der Waals surface area contributed by atoms with Gasteiger partial charge in [-0.25, -0.2) is 0 Å². The van der Waals surface area contributed by atoms with Crippen molar-refractivity contribution >= 4 is 5.91 Å². The molecule has 1 fully saturated rings. The van der Waals surface area contributed by atoms with Crippen molar-refractivity contribution in [2.75, 3.05) is 6.54 Å². The molecule has 0 aromatic rings. The molecule has 0 N–H and O–H groups in total. The highest BCUT2D eigenvalue weighted by Gasteiger charge is 2.28. The molecule has 1 amide bonds. The van der Waals surface area contributed by atoms with Crippen LogP contribution in [-0.4, -0.2) is 23.4 Å². The maximum absolute atomic E-state index is 11.3. The fourth-order valence-corrected chi connectivity index (χ4v) is 2.30. The summed E-state index contributed by atoms with van der Waals surface area (Å²) in [5, 5.41) is 0. The highest BCUT2D eigenvalue weighted by molar-refractivity contribution is 5.73. The van der Waals surface area contributed by atoms with Crippen molar-refractivity contribution in [1.29, 1.82) is 0 Å². The number of nitrogens with zero attached hydrogens (tertiary/aromatic N) is 1. The zero-order valence-corrected chi connectivity index (χ0v) is 9.55. The van der Waals surface area contributed by atoms with Gasteiger partial charge in [-0.2, -0.15) is 0 Å². The average Bonchev–Trinajstić information content (AvgIpc) is 2.16. The van der Waals surface area contributed by atoms with E-state index in [0.29, 0.717) is 12.0 Å². The number of carbonyl (C=O) groups excluding carboxylic acids is 1. The lowest BCUT2D eigenvalue weighted by molar-refractivity contribution is -0.133. The first kappa shape index (κ1) is 11.3. The zero-order valence-electron chi connectivity index (χ0n) is 9.55. The Kier molecular flexibility index (Phi) is 3.73. The Morgan fingerprint density at radius 2 is 2.14 bits per heavy atom. The molecule has 0 aromatic carbocycles. The highest BCUT2D eigenvalue weighted by atomic mass is 16.2. The summed E-state index contributed by atoms with van der Waals surface area (Å²) in [6, 6.07) is 0.433. The van der Waals surface area contributed by atoms with Gasteiger partial charge in [0.1, 0.15) is 0 Å². The van der Waals surface area contributed by atoms with Crippen molar-refractivity contribution in [3.05, 3.63) is 12.2 Å². The second kappa shape index (κ2) is 4.63. The lowest BCUT2D eigenvalue weighted by Gasteiger charge is -2.39. The fourth-order valence-electron chi connectivity index (χ4n) is 2.30. The van der Waals surface area contributed by atoms with Crippen LogP contribution < -0.4 is 0 Å². The molecule has 0 aromatic heterocycles. The van der Waals surface area contributed by atoms with E-state index in [1.165, 1.54) is 5.57 Å². The number of amides is 1. The molecule has 0 aliphatic carbocycles. The molecule has 1 aliphatic heterocycles. The Labute approximate surface area is 87.0 Å². The predicted molar refractivity (Wildman–Crippen MR) is 59.0 cm³/mol. The van der Waals surface area contributed by atoms with E-state index in [2.05, 4.69) is 20.4 Å². The lowest BCUT2D eigenvalue weighted by atomic mass is 9.85. The van der Waals surface area contributed by atoms with Crippen LogP contribution in [0.3, 0.4) is 0 Å². The van der Waals surface area contributed by atoms with E-state index in [0.717, 1.165) is 25.8 Å². The van der Waals surface area contributed by atoms with Gasteiger partial charge in [-0.05, 0) is 32.1 Å². The van der Waals surface area contributed by atoms with Gasteiger partial charge < -0.3 is 4.90 Å². The topological polar surface area (TPSA) is 20.3 Å². The molecule has 0 spiro atoms. The van der Waals surface area contributed by atoms with Crippen LogP contribution in [0.4, 0.5) is 0 Å². The van der Waals surface area contributed by atoms with E-state index in [1.807, 2.05) is 4.90 Å². The Morgan fingerprint density at radius 3 is 2.57 bits per heavy atom. The standard InChI is InChI=1S/C12H21NO/c1-5-12-8-11(9(2)3)6-7-13(12)10(4)14/h11-12H,2,5-8H2,1,3-4H3.